The zero-order chi connectivity index (χ0) is 17.4. The highest BCUT2D eigenvalue weighted by Gasteiger charge is 2.38. The zero-order valence-electron chi connectivity index (χ0n) is 14.8. The summed E-state index contributed by atoms with van der Waals surface area (Å²) in [7, 11) is 0. The second kappa shape index (κ2) is 6.20. The van der Waals surface area contributed by atoms with Crippen molar-refractivity contribution in [1.82, 2.24) is 9.97 Å². The Bertz CT molecular complexity index is 891. The third-order valence-corrected chi connectivity index (χ3v) is 4.76. The Labute approximate surface area is 148 Å². The normalized spacial score (nSPS) is 16.2. The van der Waals surface area contributed by atoms with Crippen LogP contribution in [0.5, 0.6) is 0 Å². The van der Waals surface area contributed by atoms with Crippen LogP contribution in [0.25, 0.3) is 0 Å². The van der Waals surface area contributed by atoms with Crippen molar-refractivity contribution in [2.75, 3.05) is 9.80 Å². The molecule has 0 radical (unpaired) electrons. The number of fused-ring (bicyclic) bond motifs is 1. The molecule has 1 aliphatic rings. The first-order valence-electron chi connectivity index (χ1n) is 8.75. The van der Waals surface area contributed by atoms with E-state index in [0.717, 1.165) is 29.4 Å². The minimum Gasteiger partial charge on any atom is -0.302 e. The average Bonchev–Trinajstić information content (AvgIpc) is 2.94. The Kier molecular flexibility index (Phi) is 3.88. The molecule has 1 aromatic heterocycles. The van der Waals surface area contributed by atoms with Crippen LogP contribution in [0.15, 0.2) is 60.8 Å². The highest BCUT2D eigenvalue weighted by molar-refractivity contribution is 5.84. The van der Waals surface area contributed by atoms with Crippen LogP contribution in [0.3, 0.4) is 0 Å². The SMILES string of the molecule is CCc1cnc2c(n1)N(c1ccccc1)C(C)N2c1ccccc1C. The van der Waals surface area contributed by atoms with E-state index in [-0.39, 0.29) is 6.17 Å². The molecule has 1 atom stereocenters. The van der Waals surface area contributed by atoms with Gasteiger partial charge in [-0.15, -0.1) is 0 Å². The quantitative estimate of drug-likeness (QED) is 0.678. The number of aryl methyl sites for hydroxylation is 2. The molecule has 1 aliphatic heterocycles. The van der Waals surface area contributed by atoms with Gasteiger partial charge in [0.15, 0.2) is 11.6 Å². The van der Waals surface area contributed by atoms with Crippen LogP contribution >= 0.6 is 0 Å². The van der Waals surface area contributed by atoms with E-state index in [4.69, 9.17) is 9.97 Å². The molecule has 2 heterocycles. The summed E-state index contributed by atoms with van der Waals surface area (Å²) in [4.78, 5) is 14.2. The van der Waals surface area contributed by atoms with E-state index in [0.29, 0.717) is 0 Å². The first-order chi connectivity index (χ1) is 12.2. The van der Waals surface area contributed by atoms with Crippen molar-refractivity contribution in [3.63, 3.8) is 0 Å². The first-order valence-corrected chi connectivity index (χ1v) is 8.75. The summed E-state index contributed by atoms with van der Waals surface area (Å²) in [6, 6.07) is 18.9. The van der Waals surface area contributed by atoms with E-state index in [1.807, 2.05) is 12.3 Å². The molecule has 0 amide bonds. The van der Waals surface area contributed by atoms with Gasteiger partial charge in [-0.3, -0.25) is 0 Å². The molecule has 0 spiro atoms. The zero-order valence-corrected chi connectivity index (χ0v) is 14.8. The molecule has 4 nitrogen and oxygen atoms in total. The van der Waals surface area contributed by atoms with Crippen LogP contribution in [-0.2, 0) is 6.42 Å². The summed E-state index contributed by atoms with van der Waals surface area (Å²) in [5, 5.41) is 0. The van der Waals surface area contributed by atoms with E-state index in [1.165, 1.54) is 11.3 Å². The number of para-hydroxylation sites is 2. The minimum atomic E-state index is 0.102. The molecule has 4 heteroatoms. The van der Waals surface area contributed by atoms with Crippen molar-refractivity contribution >= 4 is 23.0 Å². The molecule has 126 valence electrons. The smallest absolute Gasteiger partial charge is 0.178 e. The molecule has 3 aromatic rings. The number of hydrogen-bond acceptors (Lipinski definition) is 4. The molecule has 1 unspecified atom stereocenters. The molecule has 2 aromatic carbocycles. The summed E-state index contributed by atoms with van der Waals surface area (Å²) >= 11 is 0. The van der Waals surface area contributed by atoms with Crippen molar-refractivity contribution in [3.8, 4) is 0 Å². The Balaban J connectivity index is 1.91. The lowest BCUT2D eigenvalue weighted by atomic mass is 10.2. The number of rotatable bonds is 3. The fraction of sp³-hybridized carbons (Fsp3) is 0.238. The number of anilines is 4. The van der Waals surface area contributed by atoms with E-state index in [1.54, 1.807) is 0 Å². The second-order valence-electron chi connectivity index (χ2n) is 6.36. The van der Waals surface area contributed by atoms with Gasteiger partial charge in [-0.05, 0) is 44.0 Å². The lowest BCUT2D eigenvalue weighted by molar-refractivity contribution is 0.752. The molecular weight excluding hydrogens is 308 g/mol. The van der Waals surface area contributed by atoms with Crippen molar-refractivity contribution in [1.29, 1.82) is 0 Å². The Morgan fingerprint density at radius 2 is 1.64 bits per heavy atom. The van der Waals surface area contributed by atoms with Gasteiger partial charge in [-0.25, -0.2) is 9.97 Å². The Morgan fingerprint density at radius 3 is 2.36 bits per heavy atom. The molecular formula is C21H22N4. The van der Waals surface area contributed by atoms with Gasteiger partial charge >= 0.3 is 0 Å². The minimum absolute atomic E-state index is 0.102. The molecule has 4 rings (SSSR count). The maximum atomic E-state index is 4.91. The van der Waals surface area contributed by atoms with E-state index in [9.17, 15) is 0 Å². The van der Waals surface area contributed by atoms with Crippen LogP contribution in [-0.4, -0.2) is 16.1 Å². The van der Waals surface area contributed by atoms with Crippen LogP contribution in [0, 0.1) is 6.92 Å². The third-order valence-electron chi connectivity index (χ3n) is 4.76. The average molecular weight is 330 g/mol. The second-order valence-corrected chi connectivity index (χ2v) is 6.36. The van der Waals surface area contributed by atoms with Crippen LogP contribution in [0.4, 0.5) is 23.0 Å². The van der Waals surface area contributed by atoms with Gasteiger partial charge in [0.05, 0.1) is 11.9 Å². The highest BCUT2D eigenvalue weighted by Crippen LogP contribution is 2.45. The summed E-state index contributed by atoms with van der Waals surface area (Å²) < 4.78 is 0. The topological polar surface area (TPSA) is 32.3 Å². The van der Waals surface area contributed by atoms with Crippen LogP contribution in [0.2, 0.25) is 0 Å². The molecule has 0 bridgehead atoms. The Morgan fingerprint density at radius 1 is 0.920 bits per heavy atom. The van der Waals surface area contributed by atoms with Crippen LogP contribution < -0.4 is 9.80 Å². The number of benzene rings is 2. The van der Waals surface area contributed by atoms with Crippen molar-refractivity contribution in [2.45, 2.75) is 33.4 Å². The number of aromatic nitrogens is 2. The fourth-order valence-corrected chi connectivity index (χ4v) is 3.46. The van der Waals surface area contributed by atoms with Gasteiger partial charge < -0.3 is 9.80 Å². The van der Waals surface area contributed by atoms with Gasteiger partial charge in [0, 0.05) is 11.4 Å². The highest BCUT2D eigenvalue weighted by atomic mass is 15.5. The molecule has 25 heavy (non-hydrogen) atoms. The van der Waals surface area contributed by atoms with Gasteiger partial charge in [0.25, 0.3) is 0 Å². The summed E-state index contributed by atoms with van der Waals surface area (Å²) in [5.74, 6) is 1.85. The van der Waals surface area contributed by atoms with Gasteiger partial charge in [0.2, 0.25) is 0 Å². The molecule has 0 fully saturated rings. The predicted molar refractivity (Wildman–Crippen MR) is 103 cm³/mol. The summed E-state index contributed by atoms with van der Waals surface area (Å²) in [5.41, 5.74) is 4.55. The van der Waals surface area contributed by atoms with E-state index in [2.05, 4.69) is 79.1 Å². The summed E-state index contributed by atoms with van der Waals surface area (Å²) in [6.07, 6.45) is 2.87. The molecule has 0 saturated carbocycles. The fourth-order valence-electron chi connectivity index (χ4n) is 3.46. The van der Waals surface area contributed by atoms with Gasteiger partial charge in [-0.2, -0.15) is 0 Å². The summed E-state index contributed by atoms with van der Waals surface area (Å²) in [6.45, 7) is 6.45. The first kappa shape index (κ1) is 15.6. The monoisotopic (exact) mass is 330 g/mol. The largest absolute Gasteiger partial charge is 0.302 e. The van der Waals surface area contributed by atoms with Crippen LogP contribution in [0.1, 0.15) is 25.1 Å². The maximum Gasteiger partial charge on any atom is 0.178 e. The van der Waals surface area contributed by atoms with Crippen molar-refractivity contribution in [2.24, 2.45) is 0 Å². The number of hydrogen-bond donors (Lipinski definition) is 0. The maximum absolute atomic E-state index is 4.91. The van der Waals surface area contributed by atoms with Crippen molar-refractivity contribution < 1.29 is 0 Å². The molecule has 0 N–H and O–H groups in total. The standard InChI is InChI=1S/C21H22N4/c1-4-17-14-22-20-21(23-17)24(18-11-6-5-7-12-18)16(3)25(20)19-13-9-8-10-15(19)2/h5-14,16H,4H2,1-3H3. The number of nitrogens with zero attached hydrogens (tertiary/aromatic N) is 4. The third kappa shape index (κ3) is 2.54. The Hall–Kier alpha value is -2.88. The van der Waals surface area contributed by atoms with Gasteiger partial charge in [-0.1, -0.05) is 43.3 Å². The lowest BCUT2D eigenvalue weighted by Gasteiger charge is -2.30. The molecule has 0 saturated heterocycles. The van der Waals surface area contributed by atoms with Gasteiger partial charge in [0.1, 0.15) is 6.17 Å². The lowest BCUT2D eigenvalue weighted by Crippen LogP contribution is -2.35. The molecule has 0 aliphatic carbocycles. The van der Waals surface area contributed by atoms with E-state index >= 15 is 0 Å². The van der Waals surface area contributed by atoms with Crippen molar-refractivity contribution in [3.05, 3.63) is 72.1 Å². The van der Waals surface area contributed by atoms with E-state index < -0.39 is 0 Å². The predicted octanol–water partition coefficient (Wildman–Crippen LogP) is 4.98.